The topological polar surface area (TPSA) is 66.9 Å². The molecule has 8 heteroatoms. The van der Waals surface area contributed by atoms with Gasteiger partial charge < -0.3 is 9.64 Å². The smallest absolute Gasteiger partial charge is 0.337 e. The number of carbonyl (C=O) groups is 1. The van der Waals surface area contributed by atoms with Gasteiger partial charge in [-0.15, -0.1) is 0 Å². The SMILES string of the molecule is COC(=O)c1ccc(S(=O)(=O)N2CCC[C@H]2CN(C)C)c(Cl)c1. The van der Waals surface area contributed by atoms with Crippen molar-refractivity contribution in [1.29, 1.82) is 0 Å². The maximum absolute atomic E-state index is 12.9. The zero-order chi connectivity index (χ0) is 17.2. The number of sulfonamides is 1. The Morgan fingerprint density at radius 1 is 1.43 bits per heavy atom. The first kappa shape index (κ1) is 18.2. The lowest BCUT2D eigenvalue weighted by molar-refractivity contribution is 0.0600. The highest BCUT2D eigenvalue weighted by molar-refractivity contribution is 7.89. The average Bonchev–Trinajstić information content (AvgIpc) is 2.94. The van der Waals surface area contributed by atoms with Gasteiger partial charge in [-0.25, -0.2) is 13.2 Å². The van der Waals surface area contributed by atoms with Crippen molar-refractivity contribution in [3.63, 3.8) is 0 Å². The van der Waals surface area contributed by atoms with Crippen LogP contribution in [-0.2, 0) is 14.8 Å². The third kappa shape index (κ3) is 3.85. The molecule has 0 aromatic heterocycles. The van der Waals surface area contributed by atoms with Crippen LogP contribution in [0.2, 0.25) is 5.02 Å². The van der Waals surface area contributed by atoms with Crippen LogP contribution in [0, 0.1) is 0 Å². The van der Waals surface area contributed by atoms with Crippen LogP contribution in [-0.4, -0.2) is 63.9 Å². The van der Waals surface area contributed by atoms with Crippen molar-refractivity contribution < 1.29 is 17.9 Å². The van der Waals surface area contributed by atoms with Crippen molar-refractivity contribution in [3.05, 3.63) is 28.8 Å². The zero-order valence-corrected chi connectivity index (χ0v) is 15.0. The van der Waals surface area contributed by atoms with Crippen molar-refractivity contribution in [2.24, 2.45) is 0 Å². The summed E-state index contributed by atoms with van der Waals surface area (Å²) in [5, 5.41) is 0.0309. The minimum absolute atomic E-state index is 0.0254. The van der Waals surface area contributed by atoms with Gasteiger partial charge in [0, 0.05) is 19.1 Å². The number of hydrogen-bond donors (Lipinski definition) is 0. The largest absolute Gasteiger partial charge is 0.465 e. The molecule has 6 nitrogen and oxygen atoms in total. The Kier molecular flexibility index (Phi) is 5.67. The van der Waals surface area contributed by atoms with Crippen molar-refractivity contribution in [2.75, 3.05) is 34.3 Å². The molecule has 23 heavy (non-hydrogen) atoms. The summed E-state index contributed by atoms with van der Waals surface area (Å²) >= 11 is 6.12. The highest BCUT2D eigenvalue weighted by Gasteiger charge is 2.36. The molecule has 1 saturated heterocycles. The number of methoxy groups -OCH3 is 1. The molecule has 0 bridgehead atoms. The number of nitrogens with zero attached hydrogens (tertiary/aromatic N) is 2. The Hall–Kier alpha value is -1.15. The van der Waals surface area contributed by atoms with Crippen molar-refractivity contribution in [2.45, 2.75) is 23.8 Å². The fourth-order valence-electron chi connectivity index (χ4n) is 2.81. The Labute approximate surface area is 142 Å². The number of halogens is 1. The van der Waals surface area contributed by atoms with Crippen LogP contribution in [0.25, 0.3) is 0 Å². The van der Waals surface area contributed by atoms with Gasteiger partial charge in [0.2, 0.25) is 10.0 Å². The lowest BCUT2D eigenvalue weighted by Gasteiger charge is -2.26. The summed E-state index contributed by atoms with van der Waals surface area (Å²) < 4.78 is 31.9. The van der Waals surface area contributed by atoms with E-state index in [-0.39, 0.29) is 21.5 Å². The van der Waals surface area contributed by atoms with Gasteiger partial charge in [0.25, 0.3) is 0 Å². The van der Waals surface area contributed by atoms with E-state index < -0.39 is 16.0 Å². The summed E-state index contributed by atoms with van der Waals surface area (Å²) in [5.74, 6) is -0.553. The molecule has 0 saturated carbocycles. The molecule has 0 aliphatic carbocycles. The highest BCUT2D eigenvalue weighted by Crippen LogP contribution is 2.31. The van der Waals surface area contributed by atoms with Crippen LogP contribution >= 0.6 is 11.6 Å². The molecule has 0 amide bonds. The summed E-state index contributed by atoms with van der Waals surface area (Å²) in [7, 11) is 1.41. The Bertz CT molecular complexity index is 691. The normalized spacial score (nSPS) is 19.3. The number of benzene rings is 1. The maximum Gasteiger partial charge on any atom is 0.337 e. The molecule has 1 aliphatic heterocycles. The molecule has 1 aliphatic rings. The zero-order valence-electron chi connectivity index (χ0n) is 13.5. The molecule has 1 aromatic rings. The molecule has 0 spiro atoms. The van der Waals surface area contributed by atoms with Crippen molar-refractivity contribution in [1.82, 2.24) is 9.21 Å². The predicted molar refractivity (Wildman–Crippen MR) is 88.3 cm³/mol. The second-order valence-corrected chi connectivity index (χ2v) is 8.08. The number of ether oxygens (including phenoxy) is 1. The second-order valence-electron chi connectivity index (χ2n) is 5.81. The summed E-state index contributed by atoms with van der Waals surface area (Å²) in [5.41, 5.74) is 0.225. The van der Waals surface area contributed by atoms with Gasteiger partial charge in [0.05, 0.1) is 17.7 Å². The number of esters is 1. The van der Waals surface area contributed by atoms with E-state index in [4.69, 9.17) is 11.6 Å². The van der Waals surface area contributed by atoms with Crippen LogP contribution in [0.1, 0.15) is 23.2 Å². The molecule has 0 unspecified atom stereocenters. The first-order chi connectivity index (χ1) is 10.8. The van der Waals surface area contributed by atoms with E-state index in [1.807, 2.05) is 19.0 Å². The van der Waals surface area contributed by atoms with Gasteiger partial charge in [0.15, 0.2) is 0 Å². The fraction of sp³-hybridized carbons (Fsp3) is 0.533. The van der Waals surface area contributed by atoms with E-state index in [1.54, 1.807) is 0 Å². The Balaban J connectivity index is 2.34. The van der Waals surface area contributed by atoms with Gasteiger partial charge in [-0.05, 0) is 45.1 Å². The van der Waals surface area contributed by atoms with Crippen molar-refractivity contribution >= 4 is 27.6 Å². The third-order valence-electron chi connectivity index (χ3n) is 3.84. The number of hydrogen-bond acceptors (Lipinski definition) is 5. The van der Waals surface area contributed by atoms with Gasteiger partial charge >= 0.3 is 5.97 Å². The summed E-state index contributed by atoms with van der Waals surface area (Å²) in [6.45, 7) is 1.15. The van der Waals surface area contributed by atoms with E-state index in [9.17, 15) is 13.2 Å². The molecule has 1 atom stereocenters. The molecule has 0 N–H and O–H groups in total. The molecule has 1 aromatic carbocycles. The quantitative estimate of drug-likeness (QED) is 0.749. The van der Waals surface area contributed by atoms with Gasteiger partial charge in [0.1, 0.15) is 4.90 Å². The highest BCUT2D eigenvalue weighted by atomic mass is 35.5. The van der Waals surface area contributed by atoms with Crippen LogP contribution < -0.4 is 0 Å². The molecule has 1 fully saturated rings. The third-order valence-corrected chi connectivity index (χ3v) is 6.27. The summed E-state index contributed by atoms with van der Waals surface area (Å²) in [4.78, 5) is 13.5. The fourth-order valence-corrected chi connectivity index (χ4v) is 5.02. The van der Waals surface area contributed by atoms with Crippen LogP contribution in [0.3, 0.4) is 0 Å². The minimum Gasteiger partial charge on any atom is -0.465 e. The number of rotatable bonds is 5. The van der Waals surface area contributed by atoms with E-state index in [1.165, 1.54) is 29.6 Å². The molecular formula is C15H21ClN2O4S. The van der Waals surface area contributed by atoms with Gasteiger partial charge in [-0.1, -0.05) is 11.6 Å². The van der Waals surface area contributed by atoms with Crippen LogP contribution in [0.5, 0.6) is 0 Å². The lowest BCUT2D eigenvalue weighted by Crippen LogP contribution is -2.41. The van der Waals surface area contributed by atoms with E-state index in [0.29, 0.717) is 13.1 Å². The number of likely N-dealkylation sites (N-methyl/N-ethyl adjacent to an activating group) is 1. The number of carbonyl (C=O) groups excluding carboxylic acids is 1. The molecule has 2 rings (SSSR count). The summed E-state index contributed by atoms with van der Waals surface area (Å²) in [6, 6.07) is 4.06. The Morgan fingerprint density at radius 2 is 2.13 bits per heavy atom. The van der Waals surface area contributed by atoms with E-state index in [2.05, 4.69) is 4.74 Å². The Morgan fingerprint density at radius 3 is 2.70 bits per heavy atom. The molecular weight excluding hydrogens is 340 g/mol. The minimum atomic E-state index is -3.69. The summed E-state index contributed by atoms with van der Waals surface area (Å²) in [6.07, 6.45) is 1.66. The van der Waals surface area contributed by atoms with Crippen molar-refractivity contribution in [3.8, 4) is 0 Å². The molecule has 0 radical (unpaired) electrons. The standard InChI is InChI=1S/C15H21ClN2O4S/c1-17(2)10-12-5-4-8-18(12)23(20,21)14-7-6-11(9-13(14)16)15(19)22-3/h6-7,9,12H,4-5,8,10H2,1-3H3/t12-/m0/s1. The van der Waals surface area contributed by atoms with Crippen LogP contribution in [0.15, 0.2) is 23.1 Å². The van der Waals surface area contributed by atoms with E-state index in [0.717, 1.165) is 12.8 Å². The first-order valence-electron chi connectivity index (χ1n) is 7.32. The first-order valence-corrected chi connectivity index (χ1v) is 9.13. The lowest BCUT2D eigenvalue weighted by atomic mass is 10.2. The van der Waals surface area contributed by atoms with Gasteiger partial charge in [-0.2, -0.15) is 4.31 Å². The predicted octanol–water partition coefficient (Wildman–Crippen LogP) is 1.84. The second kappa shape index (κ2) is 7.17. The van der Waals surface area contributed by atoms with E-state index >= 15 is 0 Å². The molecule has 1 heterocycles. The van der Waals surface area contributed by atoms with Crippen LogP contribution in [0.4, 0.5) is 0 Å². The maximum atomic E-state index is 12.9. The monoisotopic (exact) mass is 360 g/mol. The average molecular weight is 361 g/mol. The molecule has 128 valence electrons. The van der Waals surface area contributed by atoms with Gasteiger partial charge in [-0.3, -0.25) is 0 Å².